The van der Waals surface area contributed by atoms with Gasteiger partial charge in [0.15, 0.2) is 0 Å². The van der Waals surface area contributed by atoms with E-state index < -0.39 is 12.0 Å². The zero-order chi connectivity index (χ0) is 14.3. The first-order valence-corrected chi connectivity index (χ1v) is 8.07. The van der Waals surface area contributed by atoms with Gasteiger partial charge in [0.25, 0.3) is 0 Å². The molecule has 0 aromatic rings. The minimum atomic E-state index is -0.835. The van der Waals surface area contributed by atoms with Gasteiger partial charge in [-0.2, -0.15) is 0 Å². The van der Waals surface area contributed by atoms with Crippen LogP contribution >= 0.6 is 0 Å². The zero-order valence-electron chi connectivity index (χ0n) is 12.3. The molecule has 2 aliphatic carbocycles. The largest absolute Gasteiger partial charge is 0.480 e. The molecule has 0 spiro atoms. The van der Waals surface area contributed by atoms with Gasteiger partial charge in [-0.1, -0.05) is 13.3 Å². The van der Waals surface area contributed by atoms with Crippen LogP contribution in [0.3, 0.4) is 0 Å². The molecule has 1 N–H and O–H groups in total. The minimum absolute atomic E-state index is 0.0850. The molecule has 0 radical (unpaired) electrons. The first-order valence-electron chi connectivity index (χ1n) is 8.07. The van der Waals surface area contributed by atoms with Crippen LogP contribution in [0, 0.1) is 23.7 Å². The molecule has 4 heteroatoms. The maximum Gasteiger partial charge on any atom is 0.326 e. The number of likely N-dealkylation sites (tertiary alicyclic amines) is 1. The van der Waals surface area contributed by atoms with Gasteiger partial charge in [-0.05, 0) is 55.8 Å². The maximum absolute atomic E-state index is 12.5. The summed E-state index contributed by atoms with van der Waals surface area (Å²) in [4.78, 5) is 25.5. The molecule has 2 saturated carbocycles. The van der Waals surface area contributed by atoms with Gasteiger partial charge >= 0.3 is 5.97 Å². The fraction of sp³-hybridized carbons (Fsp3) is 0.875. The first kappa shape index (κ1) is 13.9. The summed E-state index contributed by atoms with van der Waals surface area (Å²) in [5.74, 6) is 1.75. The molecular formula is C16H25NO3. The number of fused-ring (bicyclic) bond motifs is 2. The van der Waals surface area contributed by atoms with Crippen molar-refractivity contribution in [2.75, 3.05) is 6.54 Å². The molecule has 0 aromatic carbocycles. The summed E-state index contributed by atoms with van der Waals surface area (Å²) in [6, 6.07) is -0.593. The van der Waals surface area contributed by atoms with Crippen molar-refractivity contribution in [3.63, 3.8) is 0 Å². The van der Waals surface area contributed by atoms with E-state index in [-0.39, 0.29) is 5.91 Å². The van der Waals surface area contributed by atoms with Crippen LogP contribution in [0.4, 0.5) is 0 Å². The second-order valence-corrected chi connectivity index (χ2v) is 7.21. The summed E-state index contributed by atoms with van der Waals surface area (Å²) in [5, 5.41) is 9.35. The lowest BCUT2D eigenvalue weighted by molar-refractivity contribution is -0.153. The Morgan fingerprint density at radius 1 is 1.15 bits per heavy atom. The summed E-state index contributed by atoms with van der Waals surface area (Å²) < 4.78 is 0. The number of hydrogen-bond donors (Lipinski definition) is 1. The Labute approximate surface area is 120 Å². The number of carbonyl (C=O) groups excluding carboxylic acids is 1. The minimum Gasteiger partial charge on any atom is -0.480 e. The number of amides is 1. The number of carbonyl (C=O) groups is 2. The molecule has 5 atom stereocenters. The van der Waals surface area contributed by atoms with Gasteiger partial charge in [0.1, 0.15) is 6.04 Å². The quantitative estimate of drug-likeness (QED) is 0.863. The van der Waals surface area contributed by atoms with E-state index in [9.17, 15) is 14.7 Å². The monoisotopic (exact) mass is 279 g/mol. The Kier molecular flexibility index (Phi) is 3.74. The number of piperidine rings is 1. The van der Waals surface area contributed by atoms with Gasteiger partial charge in [0.2, 0.25) is 5.91 Å². The van der Waals surface area contributed by atoms with Gasteiger partial charge in [0.05, 0.1) is 0 Å². The number of aliphatic carboxylic acids is 1. The first-order chi connectivity index (χ1) is 9.54. The number of rotatable bonds is 3. The van der Waals surface area contributed by atoms with E-state index in [4.69, 9.17) is 0 Å². The predicted octanol–water partition coefficient (Wildman–Crippen LogP) is 2.52. The van der Waals surface area contributed by atoms with Gasteiger partial charge in [-0.25, -0.2) is 4.79 Å². The maximum atomic E-state index is 12.5. The molecule has 20 heavy (non-hydrogen) atoms. The Morgan fingerprint density at radius 2 is 1.95 bits per heavy atom. The van der Waals surface area contributed by atoms with E-state index in [2.05, 4.69) is 6.92 Å². The molecular weight excluding hydrogens is 254 g/mol. The van der Waals surface area contributed by atoms with Crippen molar-refractivity contribution in [2.45, 2.75) is 57.9 Å². The average molecular weight is 279 g/mol. The van der Waals surface area contributed by atoms with E-state index in [1.807, 2.05) is 0 Å². The third-order valence-electron chi connectivity index (χ3n) is 5.79. The normalized spacial score (nSPS) is 40.0. The van der Waals surface area contributed by atoms with Crippen molar-refractivity contribution in [3.8, 4) is 0 Å². The van der Waals surface area contributed by atoms with Crippen LogP contribution in [0.1, 0.15) is 51.9 Å². The van der Waals surface area contributed by atoms with Crippen LogP contribution in [0.5, 0.6) is 0 Å². The highest BCUT2D eigenvalue weighted by Gasteiger charge is 2.42. The molecule has 1 heterocycles. The second kappa shape index (κ2) is 5.38. The molecule has 112 valence electrons. The Bertz CT molecular complexity index is 409. The van der Waals surface area contributed by atoms with Crippen LogP contribution in [0.2, 0.25) is 0 Å². The van der Waals surface area contributed by atoms with E-state index in [1.165, 1.54) is 25.7 Å². The fourth-order valence-electron chi connectivity index (χ4n) is 4.64. The summed E-state index contributed by atoms with van der Waals surface area (Å²) >= 11 is 0. The van der Waals surface area contributed by atoms with Crippen molar-refractivity contribution >= 4 is 11.9 Å². The fourth-order valence-corrected chi connectivity index (χ4v) is 4.64. The summed E-state index contributed by atoms with van der Waals surface area (Å²) in [6.07, 6.45) is 7.25. The van der Waals surface area contributed by atoms with Gasteiger partial charge in [0, 0.05) is 13.0 Å². The van der Waals surface area contributed by atoms with E-state index in [0.29, 0.717) is 31.2 Å². The van der Waals surface area contributed by atoms with Gasteiger partial charge in [-0.3, -0.25) is 4.79 Å². The molecule has 3 fully saturated rings. The van der Waals surface area contributed by atoms with Crippen molar-refractivity contribution in [2.24, 2.45) is 23.7 Å². The van der Waals surface area contributed by atoms with E-state index in [0.717, 1.165) is 18.3 Å². The molecule has 5 unspecified atom stereocenters. The summed E-state index contributed by atoms with van der Waals surface area (Å²) in [5.41, 5.74) is 0. The Hall–Kier alpha value is -1.06. The molecule has 0 aromatic heterocycles. The standard InChI is InChI=1S/C16H25NO3/c1-10-4-5-17(14(6-10)16(19)20)15(18)9-13-8-11-2-3-12(13)7-11/h10-14H,2-9H2,1H3,(H,19,20). The summed E-state index contributed by atoms with van der Waals surface area (Å²) in [6.45, 7) is 2.70. The lowest BCUT2D eigenvalue weighted by atomic mass is 9.85. The number of nitrogens with zero attached hydrogens (tertiary/aromatic N) is 1. The Morgan fingerprint density at radius 3 is 2.55 bits per heavy atom. The highest BCUT2D eigenvalue weighted by atomic mass is 16.4. The lowest BCUT2D eigenvalue weighted by Gasteiger charge is -2.37. The van der Waals surface area contributed by atoms with E-state index >= 15 is 0 Å². The third-order valence-corrected chi connectivity index (χ3v) is 5.79. The van der Waals surface area contributed by atoms with Gasteiger partial charge < -0.3 is 10.0 Å². The molecule has 1 saturated heterocycles. The molecule has 4 nitrogen and oxygen atoms in total. The van der Waals surface area contributed by atoms with Gasteiger partial charge in [-0.15, -0.1) is 0 Å². The van der Waals surface area contributed by atoms with Crippen molar-refractivity contribution < 1.29 is 14.7 Å². The smallest absolute Gasteiger partial charge is 0.326 e. The summed E-state index contributed by atoms with van der Waals surface area (Å²) in [7, 11) is 0. The van der Waals surface area contributed by atoms with Crippen LogP contribution in [0.15, 0.2) is 0 Å². The molecule has 3 rings (SSSR count). The SMILES string of the molecule is CC1CCN(C(=O)CC2CC3CCC2C3)C(C(=O)O)C1. The van der Waals surface area contributed by atoms with Crippen molar-refractivity contribution in [1.29, 1.82) is 0 Å². The van der Waals surface area contributed by atoms with Crippen LogP contribution in [0.25, 0.3) is 0 Å². The highest BCUT2D eigenvalue weighted by Crippen LogP contribution is 2.49. The highest BCUT2D eigenvalue weighted by molar-refractivity contribution is 5.84. The third kappa shape index (κ3) is 2.57. The second-order valence-electron chi connectivity index (χ2n) is 7.21. The van der Waals surface area contributed by atoms with E-state index in [1.54, 1.807) is 4.90 Å². The van der Waals surface area contributed by atoms with Crippen LogP contribution < -0.4 is 0 Å². The van der Waals surface area contributed by atoms with Crippen LogP contribution in [-0.4, -0.2) is 34.5 Å². The number of carboxylic acids is 1. The zero-order valence-corrected chi connectivity index (χ0v) is 12.3. The topological polar surface area (TPSA) is 57.6 Å². The molecule has 1 amide bonds. The molecule has 2 bridgehead atoms. The number of hydrogen-bond acceptors (Lipinski definition) is 2. The van der Waals surface area contributed by atoms with Crippen LogP contribution in [-0.2, 0) is 9.59 Å². The molecule has 1 aliphatic heterocycles. The number of carboxylic acid groups (broad SMARTS) is 1. The average Bonchev–Trinajstić information content (AvgIpc) is 3.00. The predicted molar refractivity (Wildman–Crippen MR) is 75.1 cm³/mol. The van der Waals surface area contributed by atoms with Crippen molar-refractivity contribution in [1.82, 2.24) is 4.90 Å². The molecule has 3 aliphatic rings. The lowest BCUT2D eigenvalue weighted by Crippen LogP contribution is -2.50. The van der Waals surface area contributed by atoms with Crippen molar-refractivity contribution in [3.05, 3.63) is 0 Å². The Balaban J connectivity index is 1.62.